The number of halogens is 1. The van der Waals surface area contributed by atoms with E-state index in [1.807, 2.05) is 0 Å². The van der Waals surface area contributed by atoms with Crippen LogP contribution in [-0.4, -0.2) is 24.0 Å². The molecule has 1 N–H and O–H groups in total. The topological polar surface area (TPSA) is 68.3 Å². The highest BCUT2D eigenvalue weighted by molar-refractivity contribution is 9.10. The number of ether oxygens (including phenoxy) is 1. The molecule has 0 saturated carbocycles. The molecule has 5 nitrogen and oxygen atoms in total. The Morgan fingerprint density at radius 2 is 1.95 bits per heavy atom. The summed E-state index contributed by atoms with van der Waals surface area (Å²) in [6.07, 6.45) is 3.50. The van der Waals surface area contributed by atoms with Crippen LogP contribution in [0.1, 0.15) is 15.9 Å². The highest BCUT2D eigenvalue weighted by Gasteiger charge is 2.14. The van der Waals surface area contributed by atoms with Crippen molar-refractivity contribution in [3.05, 3.63) is 58.3 Å². The van der Waals surface area contributed by atoms with E-state index in [2.05, 4.69) is 31.0 Å². The van der Waals surface area contributed by atoms with Crippen LogP contribution in [0, 0.1) is 0 Å². The SMILES string of the molecule is COC(=O)c1cccc(NC(=O)Cc2ccncc2)c1Br. The van der Waals surface area contributed by atoms with Gasteiger partial charge in [0, 0.05) is 12.4 Å². The molecule has 0 fully saturated rings. The molecule has 1 aromatic carbocycles. The molecule has 0 aliphatic carbocycles. The summed E-state index contributed by atoms with van der Waals surface area (Å²) in [5, 5.41) is 2.76. The first-order valence-electron chi connectivity index (χ1n) is 6.17. The zero-order chi connectivity index (χ0) is 15.2. The molecule has 0 aliphatic heterocycles. The lowest BCUT2D eigenvalue weighted by atomic mass is 10.1. The molecular weight excluding hydrogens is 336 g/mol. The predicted molar refractivity (Wildman–Crippen MR) is 82.1 cm³/mol. The molecular formula is C15H13BrN2O3. The van der Waals surface area contributed by atoms with Crippen molar-refractivity contribution in [2.24, 2.45) is 0 Å². The Kier molecular flexibility index (Phi) is 5.05. The minimum atomic E-state index is -0.466. The van der Waals surface area contributed by atoms with Gasteiger partial charge < -0.3 is 10.1 Å². The van der Waals surface area contributed by atoms with E-state index in [0.717, 1.165) is 5.56 Å². The van der Waals surface area contributed by atoms with Crippen molar-refractivity contribution in [3.63, 3.8) is 0 Å². The number of amides is 1. The number of carbonyl (C=O) groups excluding carboxylic acids is 2. The average Bonchev–Trinajstić information content (AvgIpc) is 2.49. The maximum Gasteiger partial charge on any atom is 0.339 e. The van der Waals surface area contributed by atoms with E-state index in [-0.39, 0.29) is 12.3 Å². The summed E-state index contributed by atoms with van der Waals surface area (Å²) in [7, 11) is 1.31. The van der Waals surface area contributed by atoms with Crippen molar-refractivity contribution in [2.75, 3.05) is 12.4 Å². The molecule has 0 atom stereocenters. The summed E-state index contributed by atoms with van der Waals surface area (Å²) in [5.41, 5.74) is 1.75. The van der Waals surface area contributed by atoms with Crippen molar-refractivity contribution in [1.29, 1.82) is 0 Å². The fraction of sp³-hybridized carbons (Fsp3) is 0.133. The minimum Gasteiger partial charge on any atom is -0.465 e. The normalized spacial score (nSPS) is 10.0. The van der Waals surface area contributed by atoms with Gasteiger partial charge in [-0.15, -0.1) is 0 Å². The quantitative estimate of drug-likeness (QED) is 0.862. The molecule has 0 spiro atoms. The molecule has 0 radical (unpaired) electrons. The van der Waals surface area contributed by atoms with E-state index < -0.39 is 5.97 Å². The first-order valence-corrected chi connectivity index (χ1v) is 6.96. The van der Waals surface area contributed by atoms with Gasteiger partial charge in [0.1, 0.15) is 0 Å². The number of rotatable bonds is 4. The molecule has 6 heteroatoms. The summed E-state index contributed by atoms with van der Waals surface area (Å²) >= 11 is 3.31. The lowest BCUT2D eigenvalue weighted by Gasteiger charge is -2.10. The number of hydrogen-bond acceptors (Lipinski definition) is 4. The van der Waals surface area contributed by atoms with Gasteiger partial charge in [0.15, 0.2) is 0 Å². The first kappa shape index (κ1) is 15.2. The number of anilines is 1. The van der Waals surface area contributed by atoms with E-state index >= 15 is 0 Å². The molecule has 0 saturated heterocycles. The lowest BCUT2D eigenvalue weighted by molar-refractivity contribution is -0.115. The molecule has 0 aliphatic rings. The van der Waals surface area contributed by atoms with Gasteiger partial charge in [0.25, 0.3) is 0 Å². The van der Waals surface area contributed by atoms with Crippen molar-refractivity contribution < 1.29 is 14.3 Å². The van der Waals surface area contributed by atoms with Gasteiger partial charge in [-0.3, -0.25) is 9.78 Å². The Labute approximate surface area is 130 Å². The standard InChI is InChI=1S/C15H13BrN2O3/c1-21-15(20)11-3-2-4-12(14(11)16)18-13(19)9-10-5-7-17-8-6-10/h2-8H,9H2,1H3,(H,18,19). The Morgan fingerprint density at radius 3 is 2.62 bits per heavy atom. The first-order chi connectivity index (χ1) is 10.1. The van der Waals surface area contributed by atoms with Crippen LogP contribution in [0.4, 0.5) is 5.69 Å². The van der Waals surface area contributed by atoms with Gasteiger partial charge in [0.2, 0.25) is 5.91 Å². The third kappa shape index (κ3) is 3.88. The molecule has 1 aromatic heterocycles. The van der Waals surface area contributed by atoms with Crippen LogP contribution < -0.4 is 5.32 Å². The molecule has 1 amide bonds. The number of hydrogen-bond donors (Lipinski definition) is 1. The van der Waals surface area contributed by atoms with E-state index in [1.165, 1.54) is 7.11 Å². The highest BCUT2D eigenvalue weighted by atomic mass is 79.9. The molecule has 108 valence electrons. The van der Waals surface area contributed by atoms with Crippen LogP contribution in [0.15, 0.2) is 47.2 Å². The minimum absolute atomic E-state index is 0.177. The summed E-state index contributed by atoms with van der Waals surface area (Å²) in [4.78, 5) is 27.5. The van der Waals surface area contributed by atoms with Crippen LogP contribution in [0.5, 0.6) is 0 Å². The van der Waals surface area contributed by atoms with Crippen LogP contribution in [-0.2, 0) is 16.0 Å². The zero-order valence-corrected chi connectivity index (χ0v) is 12.9. The summed E-state index contributed by atoms with van der Waals surface area (Å²) < 4.78 is 5.18. The van der Waals surface area contributed by atoms with Gasteiger partial charge >= 0.3 is 5.97 Å². The van der Waals surface area contributed by atoms with E-state index in [9.17, 15) is 9.59 Å². The highest BCUT2D eigenvalue weighted by Crippen LogP contribution is 2.27. The third-order valence-electron chi connectivity index (χ3n) is 2.79. The van der Waals surface area contributed by atoms with Gasteiger partial charge in [-0.2, -0.15) is 0 Å². The number of aromatic nitrogens is 1. The van der Waals surface area contributed by atoms with Crippen LogP contribution >= 0.6 is 15.9 Å². The maximum absolute atomic E-state index is 12.0. The molecule has 0 unspecified atom stereocenters. The fourth-order valence-electron chi connectivity index (χ4n) is 1.78. The second-order valence-electron chi connectivity index (χ2n) is 4.24. The summed E-state index contributed by atoms with van der Waals surface area (Å²) in [5.74, 6) is -0.643. The van der Waals surface area contributed by atoms with E-state index in [1.54, 1.807) is 42.7 Å². The Bertz CT molecular complexity index is 659. The van der Waals surface area contributed by atoms with Gasteiger partial charge in [-0.05, 0) is 45.8 Å². The monoisotopic (exact) mass is 348 g/mol. The van der Waals surface area contributed by atoms with E-state index in [0.29, 0.717) is 15.7 Å². The average molecular weight is 349 g/mol. The fourth-order valence-corrected chi connectivity index (χ4v) is 2.30. The molecule has 2 aromatic rings. The van der Waals surface area contributed by atoms with Crippen molar-refractivity contribution in [1.82, 2.24) is 4.98 Å². The van der Waals surface area contributed by atoms with Crippen LogP contribution in [0.3, 0.4) is 0 Å². The smallest absolute Gasteiger partial charge is 0.339 e. The largest absolute Gasteiger partial charge is 0.465 e. The second kappa shape index (κ2) is 6.99. The van der Waals surface area contributed by atoms with Crippen LogP contribution in [0.25, 0.3) is 0 Å². The van der Waals surface area contributed by atoms with Crippen molar-refractivity contribution >= 4 is 33.5 Å². The molecule has 0 bridgehead atoms. The van der Waals surface area contributed by atoms with Crippen molar-refractivity contribution in [3.8, 4) is 0 Å². The maximum atomic E-state index is 12.0. The zero-order valence-electron chi connectivity index (χ0n) is 11.3. The Hall–Kier alpha value is -2.21. The second-order valence-corrected chi connectivity index (χ2v) is 5.03. The van der Waals surface area contributed by atoms with Gasteiger partial charge in [-0.25, -0.2) is 4.79 Å². The number of benzene rings is 1. The predicted octanol–water partition coefficient (Wildman–Crippen LogP) is 2.81. The van der Waals surface area contributed by atoms with E-state index in [4.69, 9.17) is 0 Å². The lowest BCUT2D eigenvalue weighted by Crippen LogP contribution is -2.15. The summed E-state index contributed by atoms with van der Waals surface area (Å²) in [6.45, 7) is 0. The number of pyridine rings is 1. The number of methoxy groups -OCH3 is 1. The Morgan fingerprint density at radius 1 is 1.24 bits per heavy atom. The Balaban J connectivity index is 2.13. The molecule has 1 heterocycles. The van der Waals surface area contributed by atoms with Gasteiger partial charge in [-0.1, -0.05) is 6.07 Å². The van der Waals surface area contributed by atoms with Gasteiger partial charge in [0.05, 0.1) is 29.3 Å². The summed E-state index contributed by atoms with van der Waals surface area (Å²) in [6, 6.07) is 8.56. The third-order valence-corrected chi connectivity index (χ3v) is 3.65. The number of nitrogens with one attached hydrogen (secondary N) is 1. The number of esters is 1. The van der Waals surface area contributed by atoms with Crippen LogP contribution in [0.2, 0.25) is 0 Å². The molecule has 2 rings (SSSR count). The van der Waals surface area contributed by atoms with Crippen molar-refractivity contribution in [2.45, 2.75) is 6.42 Å². The number of nitrogens with zero attached hydrogens (tertiary/aromatic N) is 1. The number of carbonyl (C=O) groups is 2. The molecule has 21 heavy (non-hydrogen) atoms.